The van der Waals surface area contributed by atoms with Crippen LogP contribution in [0.15, 0.2) is 39.8 Å². The molecule has 5 heteroatoms. The first-order valence-corrected chi connectivity index (χ1v) is 6.58. The minimum absolute atomic E-state index is 0.128. The van der Waals surface area contributed by atoms with Crippen molar-refractivity contribution in [2.75, 3.05) is 0 Å². The molecule has 1 heterocycles. The zero-order chi connectivity index (χ0) is 12.5. The number of thioether (sulfide) groups is 1. The average Bonchev–Trinajstić information content (AvgIpc) is 3.04. The monoisotopic (exact) mass is 261 g/mol. The van der Waals surface area contributed by atoms with Crippen molar-refractivity contribution in [1.82, 2.24) is 5.16 Å². The van der Waals surface area contributed by atoms with E-state index in [1.807, 2.05) is 36.0 Å². The molecule has 2 aromatic rings. The predicted octanol–water partition coefficient (Wildman–Crippen LogP) is 3.29. The summed E-state index contributed by atoms with van der Waals surface area (Å²) in [5.74, 6) is -1.22. The fraction of sp³-hybridized carbons (Fsp3) is 0.231. The van der Waals surface area contributed by atoms with Crippen LogP contribution in [0.5, 0.6) is 0 Å². The van der Waals surface area contributed by atoms with Crippen LogP contribution in [0.1, 0.15) is 23.4 Å². The summed E-state index contributed by atoms with van der Waals surface area (Å²) in [6.07, 6.45) is 2.50. The van der Waals surface area contributed by atoms with E-state index in [-0.39, 0.29) is 5.76 Å². The Kier molecular flexibility index (Phi) is 2.83. The van der Waals surface area contributed by atoms with Gasteiger partial charge in [0.1, 0.15) is 5.69 Å². The van der Waals surface area contributed by atoms with Gasteiger partial charge in [-0.2, -0.15) is 0 Å². The third kappa shape index (κ3) is 2.26. The summed E-state index contributed by atoms with van der Waals surface area (Å²) >= 11 is 1.82. The number of rotatable bonds is 4. The van der Waals surface area contributed by atoms with Crippen LogP contribution < -0.4 is 0 Å². The predicted molar refractivity (Wildman–Crippen MR) is 67.8 cm³/mol. The lowest BCUT2D eigenvalue weighted by Crippen LogP contribution is -1.91. The Labute approximate surface area is 108 Å². The van der Waals surface area contributed by atoms with E-state index >= 15 is 0 Å². The Hall–Kier alpha value is -1.75. The van der Waals surface area contributed by atoms with Gasteiger partial charge in [-0.15, -0.1) is 11.8 Å². The Bertz CT molecular complexity index is 589. The van der Waals surface area contributed by atoms with Gasteiger partial charge in [0.05, 0.1) is 0 Å². The average molecular weight is 261 g/mol. The van der Waals surface area contributed by atoms with E-state index in [1.165, 1.54) is 18.9 Å². The van der Waals surface area contributed by atoms with E-state index in [0.717, 1.165) is 10.5 Å². The molecule has 0 spiro atoms. The van der Waals surface area contributed by atoms with E-state index in [2.05, 4.69) is 5.16 Å². The molecule has 0 atom stereocenters. The number of nitrogens with zero attached hydrogens (tertiary/aromatic N) is 1. The van der Waals surface area contributed by atoms with Gasteiger partial charge in [-0.1, -0.05) is 23.4 Å². The van der Waals surface area contributed by atoms with Crippen molar-refractivity contribution in [3.63, 3.8) is 0 Å². The standard InChI is InChI=1S/C13H11NO3S/c15-13(16)11-7-10(14-17-11)9-3-1-2-4-12(9)18-8-5-6-8/h1-4,7-8H,5-6H2,(H,15,16). The van der Waals surface area contributed by atoms with Crippen LogP contribution in [0.3, 0.4) is 0 Å². The van der Waals surface area contributed by atoms with Crippen molar-refractivity contribution in [2.45, 2.75) is 23.0 Å². The van der Waals surface area contributed by atoms with Crippen molar-refractivity contribution in [2.24, 2.45) is 0 Å². The quantitative estimate of drug-likeness (QED) is 0.914. The SMILES string of the molecule is O=C(O)c1cc(-c2ccccc2SC2CC2)no1. The van der Waals surface area contributed by atoms with Crippen molar-refractivity contribution in [1.29, 1.82) is 0 Å². The Morgan fingerprint density at radius 2 is 2.17 bits per heavy atom. The topological polar surface area (TPSA) is 63.3 Å². The number of carbonyl (C=O) groups is 1. The fourth-order valence-electron chi connectivity index (χ4n) is 1.65. The van der Waals surface area contributed by atoms with Crippen molar-refractivity contribution in [3.05, 3.63) is 36.1 Å². The molecule has 92 valence electrons. The highest BCUT2D eigenvalue weighted by Crippen LogP contribution is 2.42. The molecule has 0 aliphatic heterocycles. The van der Waals surface area contributed by atoms with Gasteiger partial charge < -0.3 is 9.63 Å². The zero-order valence-electron chi connectivity index (χ0n) is 9.50. The second kappa shape index (κ2) is 4.49. The molecule has 3 rings (SSSR count). The van der Waals surface area contributed by atoms with E-state index in [4.69, 9.17) is 9.63 Å². The first-order valence-electron chi connectivity index (χ1n) is 5.70. The molecular weight excluding hydrogens is 250 g/mol. The van der Waals surface area contributed by atoms with E-state index in [0.29, 0.717) is 10.9 Å². The van der Waals surface area contributed by atoms with Crippen LogP contribution in [-0.2, 0) is 0 Å². The second-order valence-corrected chi connectivity index (χ2v) is 5.54. The van der Waals surface area contributed by atoms with Crippen molar-refractivity contribution >= 4 is 17.7 Å². The third-order valence-electron chi connectivity index (χ3n) is 2.70. The number of carboxylic acid groups (broad SMARTS) is 1. The van der Waals surface area contributed by atoms with E-state index in [9.17, 15) is 4.79 Å². The number of benzene rings is 1. The molecule has 4 nitrogen and oxygen atoms in total. The van der Waals surface area contributed by atoms with Gasteiger partial charge in [-0.05, 0) is 18.9 Å². The maximum Gasteiger partial charge on any atom is 0.374 e. The molecule has 1 N–H and O–H groups in total. The molecule has 1 aromatic carbocycles. The maximum absolute atomic E-state index is 10.8. The molecule has 1 aliphatic carbocycles. The molecule has 1 saturated carbocycles. The van der Waals surface area contributed by atoms with Gasteiger partial charge in [0.2, 0.25) is 5.76 Å². The fourth-order valence-corrected chi connectivity index (χ4v) is 2.84. The summed E-state index contributed by atoms with van der Waals surface area (Å²) < 4.78 is 4.80. The number of hydrogen-bond donors (Lipinski definition) is 1. The molecule has 1 aromatic heterocycles. The second-order valence-electron chi connectivity index (χ2n) is 4.19. The lowest BCUT2D eigenvalue weighted by atomic mass is 10.1. The van der Waals surface area contributed by atoms with Gasteiger partial charge in [0.25, 0.3) is 0 Å². The molecule has 0 amide bonds. The summed E-state index contributed by atoms with van der Waals surface area (Å²) in [5.41, 5.74) is 1.52. The Morgan fingerprint density at radius 3 is 2.83 bits per heavy atom. The van der Waals surface area contributed by atoms with Crippen molar-refractivity contribution < 1.29 is 14.4 Å². The van der Waals surface area contributed by atoms with E-state index < -0.39 is 5.97 Å². The summed E-state index contributed by atoms with van der Waals surface area (Å²) in [4.78, 5) is 11.9. The molecule has 0 unspecified atom stereocenters. The summed E-state index contributed by atoms with van der Waals surface area (Å²) in [5, 5.41) is 13.3. The van der Waals surface area contributed by atoms with Gasteiger partial charge in [0, 0.05) is 21.8 Å². The Balaban J connectivity index is 1.96. The zero-order valence-corrected chi connectivity index (χ0v) is 10.3. The minimum atomic E-state index is -1.10. The summed E-state index contributed by atoms with van der Waals surface area (Å²) in [6.45, 7) is 0. The molecule has 18 heavy (non-hydrogen) atoms. The molecule has 1 aliphatic rings. The third-order valence-corrected chi connectivity index (χ3v) is 4.12. The highest BCUT2D eigenvalue weighted by molar-refractivity contribution is 8.00. The summed E-state index contributed by atoms with van der Waals surface area (Å²) in [7, 11) is 0. The van der Waals surface area contributed by atoms with Crippen LogP contribution >= 0.6 is 11.8 Å². The van der Waals surface area contributed by atoms with Crippen LogP contribution in [0.25, 0.3) is 11.3 Å². The highest BCUT2D eigenvalue weighted by Gasteiger charge is 2.24. The van der Waals surface area contributed by atoms with Gasteiger partial charge in [-0.3, -0.25) is 0 Å². The first-order chi connectivity index (χ1) is 8.74. The highest BCUT2D eigenvalue weighted by atomic mass is 32.2. The molecule has 0 saturated heterocycles. The Morgan fingerprint density at radius 1 is 1.39 bits per heavy atom. The minimum Gasteiger partial charge on any atom is -0.475 e. The van der Waals surface area contributed by atoms with Crippen LogP contribution in [-0.4, -0.2) is 21.5 Å². The largest absolute Gasteiger partial charge is 0.475 e. The van der Waals surface area contributed by atoms with Gasteiger partial charge >= 0.3 is 5.97 Å². The van der Waals surface area contributed by atoms with Crippen LogP contribution in [0.4, 0.5) is 0 Å². The first kappa shape index (κ1) is 11.3. The number of carboxylic acids is 1. The summed E-state index contributed by atoms with van der Waals surface area (Å²) in [6, 6.07) is 9.34. The van der Waals surface area contributed by atoms with Gasteiger partial charge in [0.15, 0.2) is 0 Å². The van der Waals surface area contributed by atoms with Crippen molar-refractivity contribution in [3.8, 4) is 11.3 Å². The normalized spacial score (nSPS) is 14.7. The number of aromatic carboxylic acids is 1. The van der Waals surface area contributed by atoms with Crippen LogP contribution in [0, 0.1) is 0 Å². The molecule has 0 bridgehead atoms. The number of aromatic nitrogens is 1. The lowest BCUT2D eigenvalue weighted by molar-refractivity contribution is 0.0652. The molecule has 0 radical (unpaired) electrons. The van der Waals surface area contributed by atoms with Crippen LogP contribution in [0.2, 0.25) is 0 Å². The number of hydrogen-bond acceptors (Lipinski definition) is 4. The smallest absolute Gasteiger partial charge is 0.374 e. The van der Waals surface area contributed by atoms with Gasteiger partial charge in [-0.25, -0.2) is 4.79 Å². The maximum atomic E-state index is 10.8. The van der Waals surface area contributed by atoms with E-state index in [1.54, 1.807) is 0 Å². The molecule has 1 fully saturated rings. The lowest BCUT2D eigenvalue weighted by Gasteiger charge is -2.04. The molecular formula is C13H11NO3S.